The van der Waals surface area contributed by atoms with E-state index in [0.717, 1.165) is 57.8 Å². The predicted octanol–water partition coefficient (Wildman–Crippen LogP) is 8.27. The molecule has 2 rings (SSSR count). The summed E-state index contributed by atoms with van der Waals surface area (Å²) in [7, 11) is 0. The number of aliphatic hydroxyl groups excluding tert-OH is 7. The lowest BCUT2D eigenvalue weighted by atomic mass is 9.98. The van der Waals surface area contributed by atoms with Crippen LogP contribution in [0.5, 0.6) is 0 Å². The van der Waals surface area contributed by atoms with Gasteiger partial charge in [-0.25, -0.2) is 0 Å². The summed E-state index contributed by atoms with van der Waals surface area (Å²) in [5, 5.41) is 72.2. The number of carbonyl (C=O) groups is 2. The number of hydrogen-bond acceptors (Lipinski definition) is 15. The van der Waals surface area contributed by atoms with Crippen LogP contribution in [-0.4, -0.2) is 142 Å². The van der Waals surface area contributed by atoms with E-state index in [2.05, 4.69) is 26.0 Å². The predicted molar refractivity (Wildman–Crippen MR) is 270 cm³/mol. The van der Waals surface area contributed by atoms with E-state index < -0.39 is 99.3 Å². The monoisotopic (exact) mass is 997 g/mol. The Balaban J connectivity index is 1.78. The fourth-order valence-electron chi connectivity index (χ4n) is 8.46. The molecule has 0 aromatic carbocycles. The Morgan fingerprint density at radius 3 is 1.41 bits per heavy atom. The zero-order valence-electron chi connectivity index (χ0n) is 43.0. The van der Waals surface area contributed by atoms with Gasteiger partial charge in [0.25, 0.3) is 0 Å². The summed E-state index contributed by atoms with van der Waals surface area (Å²) in [4.78, 5) is 25.8. The van der Waals surface area contributed by atoms with Crippen LogP contribution < -0.4 is 0 Å². The molecule has 15 heteroatoms. The maximum Gasteiger partial charge on any atom is 0.306 e. The van der Waals surface area contributed by atoms with E-state index in [0.29, 0.717) is 12.8 Å². The van der Waals surface area contributed by atoms with Gasteiger partial charge in [-0.3, -0.25) is 9.59 Å². The molecule has 2 heterocycles. The van der Waals surface area contributed by atoms with Crippen LogP contribution in [0, 0.1) is 0 Å². The summed E-state index contributed by atoms with van der Waals surface area (Å²) >= 11 is 0. The van der Waals surface area contributed by atoms with Gasteiger partial charge in [-0.05, 0) is 32.1 Å². The van der Waals surface area contributed by atoms with Crippen LogP contribution in [0.4, 0.5) is 0 Å². The van der Waals surface area contributed by atoms with Gasteiger partial charge in [0.15, 0.2) is 18.7 Å². The second-order valence-corrected chi connectivity index (χ2v) is 19.1. The minimum Gasteiger partial charge on any atom is -0.462 e. The molecule has 0 spiro atoms. The van der Waals surface area contributed by atoms with E-state index in [1.165, 1.54) is 96.3 Å². The normalized spacial score (nSPS) is 25.7. The zero-order valence-corrected chi connectivity index (χ0v) is 43.0. The lowest BCUT2D eigenvalue weighted by Gasteiger charge is -2.42. The van der Waals surface area contributed by atoms with Crippen LogP contribution in [0.2, 0.25) is 0 Å². The Hall–Kier alpha value is -2.54. The van der Waals surface area contributed by atoms with Crippen molar-refractivity contribution in [2.45, 2.75) is 261 Å². The minimum atomic E-state index is -1.77. The molecule has 0 amide bonds. The highest BCUT2D eigenvalue weighted by molar-refractivity contribution is 5.70. The van der Waals surface area contributed by atoms with E-state index in [9.17, 15) is 45.3 Å². The molecule has 7 N–H and O–H groups in total. The van der Waals surface area contributed by atoms with E-state index in [1.807, 2.05) is 36.5 Å². The molecule has 0 aliphatic carbocycles. The van der Waals surface area contributed by atoms with Gasteiger partial charge < -0.3 is 64.2 Å². The van der Waals surface area contributed by atoms with Gasteiger partial charge in [-0.15, -0.1) is 0 Å². The molecular weight excluding hydrogens is 901 g/mol. The van der Waals surface area contributed by atoms with Crippen molar-refractivity contribution in [2.75, 3.05) is 26.4 Å². The van der Waals surface area contributed by atoms with Gasteiger partial charge in [-0.1, -0.05) is 197 Å². The van der Waals surface area contributed by atoms with Crippen LogP contribution in [-0.2, 0) is 38.0 Å². The third-order valence-electron chi connectivity index (χ3n) is 12.9. The second-order valence-electron chi connectivity index (χ2n) is 19.1. The van der Waals surface area contributed by atoms with Gasteiger partial charge in [-0.2, -0.15) is 0 Å². The molecule has 11 atom stereocenters. The van der Waals surface area contributed by atoms with Crippen LogP contribution in [0.3, 0.4) is 0 Å². The number of unbranched alkanes of at least 4 members (excludes halogenated alkanes) is 23. The van der Waals surface area contributed by atoms with E-state index >= 15 is 0 Å². The summed E-state index contributed by atoms with van der Waals surface area (Å²) in [6, 6.07) is 0. The Labute approximate surface area is 420 Å². The molecule has 0 saturated carbocycles. The molecule has 0 aromatic rings. The van der Waals surface area contributed by atoms with E-state index in [-0.39, 0.29) is 19.4 Å². The number of carbonyl (C=O) groups excluding carboxylic acids is 2. The molecule has 0 aromatic heterocycles. The van der Waals surface area contributed by atoms with Crippen molar-refractivity contribution >= 4 is 11.9 Å². The fourth-order valence-corrected chi connectivity index (χ4v) is 8.46. The quantitative estimate of drug-likeness (QED) is 0.0173. The highest BCUT2D eigenvalue weighted by Crippen LogP contribution is 2.27. The molecule has 4 unspecified atom stereocenters. The summed E-state index contributed by atoms with van der Waals surface area (Å²) in [5.74, 6) is -0.947. The van der Waals surface area contributed by atoms with Gasteiger partial charge in [0.1, 0.15) is 55.4 Å². The van der Waals surface area contributed by atoms with Crippen molar-refractivity contribution in [1.82, 2.24) is 0 Å². The highest BCUT2D eigenvalue weighted by atomic mass is 16.7. The summed E-state index contributed by atoms with van der Waals surface area (Å²) in [6.07, 6.45) is 29.9. The topological polar surface area (TPSA) is 231 Å². The number of rotatable bonds is 42. The number of hydrogen-bond donors (Lipinski definition) is 7. The van der Waals surface area contributed by atoms with Crippen molar-refractivity contribution < 1.29 is 73.8 Å². The molecular formula is C55H96O15. The third-order valence-corrected chi connectivity index (χ3v) is 12.9. The van der Waals surface area contributed by atoms with Crippen molar-refractivity contribution in [3.8, 4) is 0 Å². The third kappa shape index (κ3) is 29.2. The van der Waals surface area contributed by atoms with Crippen LogP contribution in [0.15, 0.2) is 48.6 Å². The Kier molecular flexibility index (Phi) is 38.0. The van der Waals surface area contributed by atoms with E-state index in [4.69, 9.17) is 28.4 Å². The van der Waals surface area contributed by atoms with E-state index in [1.54, 1.807) is 0 Å². The molecule has 0 radical (unpaired) electrons. The molecule has 406 valence electrons. The molecule has 2 aliphatic rings. The summed E-state index contributed by atoms with van der Waals surface area (Å²) in [6.45, 7) is 2.44. The van der Waals surface area contributed by atoms with Crippen molar-refractivity contribution in [3.63, 3.8) is 0 Å². The Morgan fingerprint density at radius 1 is 0.471 bits per heavy atom. The molecule has 2 saturated heterocycles. The smallest absolute Gasteiger partial charge is 0.306 e. The molecule has 70 heavy (non-hydrogen) atoms. The first-order chi connectivity index (χ1) is 34.0. The number of allylic oxidation sites excluding steroid dienone is 8. The van der Waals surface area contributed by atoms with Crippen molar-refractivity contribution in [3.05, 3.63) is 48.6 Å². The van der Waals surface area contributed by atoms with Crippen molar-refractivity contribution in [1.29, 1.82) is 0 Å². The largest absolute Gasteiger partial charge is 0.462 e. The minimum absolute atomic E-state index is 0.139. The SMILES string of the molecule is CC/C=C/C=C/C=C/C=C/CCCCCCCC(=O)O[C@@H](COC(=O)CCCCCCCCCCCCCCCCCCCCC)CO[C@@H]1O[C@H](CO[C@@H]2O[C@H](CO)[C@H](O)C(O)C2O)[C@H](O)C(O)C1O. The number of aliphatic hydroxyl groups is 7. The molecule has 15 nitrogen and oxygen atoms in total. The second kappa shape index (κ2) is 41.9. The van der Waals surface area contributed by atoms with Gasteiger partial charge in [0, 0.05) is 12.8 Å². The van der Waals surface area contributed by atoms with Crippen LogP contribution >= 0.6 is 0 Å². The first-order valence-corrected chi connectivity index (χ1v) is 27.3. The van der Waals surface area contributed by atoms with Crippen LogP contribution in [0.25, 0.3) is 0 Å². The fraction of sp³-hybridized carbons (Fsp3) is 0.818. The van der Waals surface area contributed by atoms with Crippen molar-refractivity contribution in [2.24, 2.45) is 0 Å². The highest BCUT2D eigenvalue weighted by Gasteiger charge is 2.47. The first-order valence-electron chi connectivity index (χ1n) is 27.3. The van der Waals surface area contributed by atoms with Gasteiger partial charge in [0.2, 0.25) is 0 Å². The average Bonchev–Trinajstić information content (AvgIpc) is 3.35. The number of esters is 2. The van der Waals surface area contributed by atoms with Gasteiger partial charge >= 0.3 is 11.9 Å². The first kappa shape index (κ1) is 63.6. The summed E-state index contributed by atoms with van der Waals surface area (Å²) in [5.41, 5.74) is 0. The lowest BCUT2D eigenvalue weighted by Crippen LogP contribution is -2.61. The maximum atomic E-state index is 13.0. The Morgan fingerprint density at radius 2 is 0.900 bits per heavy atom. The lowest BCUT2D eigenvalue weighted by molar-refractivity contribution is -0.332. The van der Waals surface area contributed by atoms with Gasteiger partial charge in [0.05, 0.1) is 19.8 Å². The number of ether oxygens (including phenoxy) is 6. The summed E-state index contributed by atoms with van der Waals surface area (Å²) < 4.78 is 33.6. The maximum absolute atomic E-state index is 13.0. The molecule has 2 fully saturated rings. The average molecular weight is 997 g/mol. The standard InChI is InChI=1S/C55H96O15/c1-3-5-7-9-11-13-15-17-19-20-21-22-24-25-27-29-31-33-35-37-46(57)65-40-43(68-47(58)38-36-34-32-30-28-26-23-18-16-14-12-10-8-6-4-2)41-66-54-53(64)51(62)49(60)45(70-54)42-67-55-52(63)50(61)48(59)44(39-56)69-55/h6,8,10,12,14,16,18,23,43-45,48-56,59-64H,3-5,7,9,11,13,15,17,19-22,24-42H2,1-2H3/b8-6+,12-10+,16-14+,23-18+/t43-,44+,45+,48-,49-,50?,51?,52?,53?,54+,55+/m0/s1. The zero-order chi connectivity index (χ0) is 51.0. The Bertz CT molecular complexity index is 1400. The molecule has 2 aliphatic heterocycles. The molecule has 0 bridgehead atoms. The van der Waals surface area contributed by atoms with Crippen LogP contribution in [0.1, 0.15) is 194 Å².